The van der Waals surface area contributed by atoms with Gasteiger partial charge in [0.15, 0.2) is 9.92 Å². The number of aromatic nitrogens is 2. The lowest BCUT2D eigenvalue weighted by atomic mass is 9.70. The van der Waals surface area contributed by atoms with Crippen LogP contribution in [0.25, 0.3) is 0 Å². The first-order valence-corrected chi connectivity index (χ1v) is 19.1. The molecule has 51 heavy (non-hydrogen) atoms. The molecule has 3 aliphatic rings. The van der Waals surface area contributed by atoms with Crippen LogP contribution in [0.15, 0.2) is 64.0 Å². The monoisotopic (exact) mass is 739 g/mol. The highest BCUT2D eigenvalue weighted by molar-refractivity contribution is 7.92. The second-order valence-corrected chi connectivity index (χ2v) is 16.1. The maximum atomic E-state index is 15.1. The molecule has 6 rings (SSSR count). The van der Waals surface area contributed by atoms with Crippen LogP contribution in [0, 0.1) is 11.8 Å². The Kier molecular flexibility index (Phi) is 11.1. The molecule has 1 saturated carbocycles. The Labute approximate surface area is 304 Å². The third-order valence-corrected chi connectivity index (χ3v) is 12.0. The van der Waals surface area contributed by atoms with Crippen molar-refractivity contribution in [1.29, 1.82) is 0 Å². The summed E-state index contributed by atoms with van der Waals surface area (Å²) in [7, 11) is 0.788. The molecule has 1 N–H and O–H groups in total. The number of benzene rings is 2. The minimum absolute atomic E-state index is 0.0418. The molecule has 1 aliphatic carbocycles. The molecular formula is C37H46ClN5O7S. The van der Waals surface area contributed by atoms with Gasteiger partial charge in [-0.2, -0.15) is 0 Å². The van der Waals surface area contributed by atoms with E-state index in [1.165, 1.54) is 18.0 Å². The van der Waals surface area contributed by atoms with Crippen molar-refractivity contribution in [3.63, 3.8) is 0 Å². The molecular weight excluding hydrogens is 694 g/mol. The minimum Gasteiger partial charge on any atom is -0.487 e. The van der Waals surface area contributed by atoms with Crippen molar-refractivity contribution in [2.45, 2.75) is 69.2 Å². The minimum atomic E-state index is -3.95. The number of amides is 2. The molecule has 2 amide bonds. The Balaban J connectivity index is 1.49. The second-order valence-electron chi connectivity index (χ2n) is 13.8. The zero-order valence-corrected chi connectivity index (χ0v) is 31.3. The van der Waals surface area contributed by atoms with Gasteiger partial charge in [-0.3, -0.25) is 19.0 Å². The number of anilines is 1. The van der Waals surface area contributed by atoms with Crippen molar-refractivity contribution < 1.29 is 32.7 Å². The van der Waals surface area contributed by atoms with Crippen molar-refractivity contribution in [2.24, 2.45) is 23.2 Å². The first-order chi connectivity index (χ1) is 24.4. The average molecular weight is 740 g/mol. The van der Waals surface area contributed by atoms with Gasteiger partial charge in [0.05, 0.1) is 30.4 Å². The van der Waals surface area contributed by atoms with Gasteiger partial charge in [-0.25, -0.2) is 4.21 Å². The van der Waals surface area contributed by atoms with Gasteiger partial charge < -0.3 is 23.8 Å². The molecule has 12 nitrogen and oxygen atoms in total. The summed E-state index contributed by atoms with van der Waals surface area (Å²) in [5, 5.41) is 4.85. The van der Waals surface area contributed by atoms with E-state index in [1.807, 2.05) is 30.4 Å². The fraction of sp³-hybridized carbons (Fsp3) is 0.486. The third kappa shape index (κ3) is 8.11. The van der Waals surface area contributed by atoms with Gasteiger partial charge in [0.25, 0.3) is 11.8 Å². The molecule has 1 aromatic heterocycles. The van der Waals surface area contributed by atoms with Crippen LogP contribution in [-0.4, -0.2) is 71.4 Å². The Bertz CT molecular complexity index is 1940. The van der Waals surface area contributed by atoms with E-state index >= 15 is 4.21 Å². The molecule has 0 radical (unpaired) electrons. The number of rotatable bonds is 4. The summed E-state index contributed by atoms with van der Waals surface area (Å²) in [4.78, 5) is 30.0. The van der Waals surface area contributed by atoms with E-state index in [2.05, 4.69) is 19.1 Å². The molecule has 0 spiro atoms. The first-order valence-electron chi connectivity index (χ1n) is 17.2. The maximum absolute atomic E-state index is 15.1. The predicted molar refractivity (Wildman–Crippen MR) is 195 cm³/mol. The van der Waals surface area contributed by atoms with Crippen LogP contribution >= 0.6 is 11.6 Å². The third-order valence-electron chi connectivity index (χ3n) is 9.95. The van der Waals surface area contributed by atoms with Gasteiger partial charge in [0.1, 0.15) is 23.5 Å². The molecule has 2 aromatic carbocycles. The largest absolute Gasteiger partial charge is 0.487 e. The molecule has 1 unspecified atom stereocenters. The fourth-order valence-electron chi connectivity index (χ4n) is 6.85. The van der Waals surface area contributed by atoms with Crippen molar-refractivity contribution in [3.8, 4) is 11.6 Å². The molecule has 274 valence electrons. The normalized spacial score (nSPS) is 25.8. The van der Waals surface area contributed by atoms with Gasteiger partial charge in [-0.1, -0.05) is 29.8 Å². The van der Waals surface area contributed by atoms with Crippen LogP contribution in [0.4, 0.5) is 5.69 Å². The summed E-state index contributed by atoms with van der Waals surface area (Å²) in [6.07, 6.45) is 9.88. The molecule has 2 aliphatic heterocycles. The molecule has 2 bridgehead atoms. The second kappa shape index (κ2) is 15.4. The van der Waals surface area contributed by atoms with Crippen LogP contribution < -0.4 is 19.1 Å². The smallest absolute Gasteiger partial charge is 0.287 e. The Morgan fingerprint density at radius 1 is 1.12 bits per heavy atom. The van der Waals surface area contributed by atoms with Crippen molar-refractivity contribution in [1.82, 2.24) is 14.5 Å². The first kappa shape index (κ1) is 36.9. The highest BCUT2D eigenvalue weighted by Crippen LogP contribution is 2.42. The van der Waals surface area contributed by atoms with E-state index in [1.54, 1.807) is 46.2 Å². The molecule has 1 fully saturated rings. The van der Waals surface area contributed by atoms with Crippen LogP contribution in [0.5, 0.6) is 11.6 Å². The van der Waals surface area contributed by atoms with E-state index in [0.717, 1.165) is 43.2 Å². The Hall–Kier alpha value is -3.91. The lowest BCUT2D eigenvalue weighted by Crippen LogP contribution is -2.44. The number of nitrogens with one attached hydrogen (secondary N) is 1. The van der Waals surface area contributed by atoms with Crippen molar-refractivity contribution >= 4 is 39.0 Å². The number of fused-ring (bicyclic) bond motifs is 3. The van der Waals surface area contributed by atoms with E-state index in [-0.39, 0.29) is 35.0 Å². The van der Waals surface area contributed by atoms with Gasteiger partial charge in [0.2, 0.25) is 5.88 Å². The lowest BCUT2D eigenvalue weighted by molar-refractivity contribution is -0.137. The number of aryl methyl sites for hydroxylation is 2. The molecule has 14 heteroatoms. The summed E-state index contributed by atoms with van der Waals surface area (Å²) in [5.74, 6) is -0.345. The van der Waals surface area contributed by atoms with E-state index in [0.29, 0.717) is 42.1 Å². The number of methoxy groups -OCH3 is 2. The number of hydrogen-bond donors (Lipinski definition) is 1. The quantitative estimate of drug-likeness (QED) is 0.325. The van der Waals surface area contributed by atoms with Crippen LogP contribution in [-0.2, 0) is 44.3 Å². The zero-order chi connectivity index (χ0) is 36.3. The topological polar surface area (TPSA) is 134 Å². The van der Waals surface area contributed by atoms with E-state index in [9.17, 15) is 9.59 Å². The zero-order valence-electron chi connectivity index (χ0n) is 29.7. The summed E-state index contributed by atoms with van der Waals surface area (Å²) >= 11 is 6.38. The summed E-state index contributed by atoms with van der Waals surface area (Å²) < 4.78 is 47.1. The molecule has 3 heterocycles. The molecule has 0 saturated heterocycles. The van der Waals surface area contributed by atoms with Gasteiger partial charge in [-0.15, -0.1) is 9.46 Å². The SMILES string of the molecule is COc1nn(C)cc1C(=O)NS1(=O)=NC(=O)C(C)(C)OC/C=C/[C@H](OC)[C@@H]2CC[C@H]2CN2CCCCc3cc(Cl)ccc3COc3ccc1cc32. The number of hydrogen-bond acceptors (Lipinski definition) is 9. The van der Waals surface area contributed by atoms with Crippen LogP contribution in [0.3, 0.4) is 0 Å². The number of carbonyl (C=O) groups is 2. The number of halogens is 1. The number of nitrogens with zero attached hydrogens (tertiary/aromatic N) is 4. The van der Waals surface area contributed by atoms with Crippen molar-refractivity contribution in [2.75, 3.05) is 38.8 Å². The fourth-order valence-corrected chi connectivity index (χ4v) is 8.65. The standard InChI is InChI=1S/C37H46ClN5O7S/c1-37(2)36(45)41-51(46,40-34(44)30-22-42(3)39-35(30)48-5)28-14-16-33-31(20-28)43(21-25-12-15-29(25)32(47-4)10-8-18-50-37)17-7-6-9-24-19-27(38)13-11-26(24)23-49-33/h8,10-11,13-14,16,19-20,22,25,29,32H,6-7,9,12,15,17-18,21,23H2,1-5H3,(H,40,41,44,45,46)/b10-8+/t25-,29+,32-,51?/m0/s1. The Morgan fingerprint density at radius 3 is 2.69 bits per heavy atom. The summed E-state index contributed by atoms with van der Waals surface area (Å²) in [6.45, 7) is 4.95. The highest BCUT2D eigenvalue weighted by atomic mass is 35.5. The van der Waals surface area contributed by atoms with Crippen LogP contribution in [0.1, 0.15) is 61.0 Å². The Morgan fingerprint density at radius 2 is 1.94 bits per heavy atom. The average Bonchev–Trinajstić information content (AvgIpc) is 3.47. The van der Waals surface area contributed by atoms with Crippen molar-refractivity contribution in [3.05, 3.63) is 76.5 Å². The van der Waals surface area contributed by atoms with Crippen LogP contribution in [0.2, 0.25) is 5.02 Å². The predicted octanol–water partition coefficient (Wildman–Crippen LogP) is 5.91. The maximum Gasteiger partial charge on any atom is 0.287 e. The lowest BCUT2D eigenvalue weighted by Gasteiger charge is -2.43. The molecule has 4 atom stereocenters. The highest BCUT2D eigenvalue weighted by Gasteiger charge is 2.38. The van der Waals surface area contributed by atoms with E-state index < -0.39 is 27.3 Å². The number of carbonyl (C=O) groups excluding carboxylic acids is 2. The molecule has 3 aromatic rings. The summed E-state index contributed by atoms with van der Waals surface area (Å²) in [5.41, 5.74) is 1.46. The van der Waals surface area contributed by atoms with E-state index in [4.69, 9.17) is 30.5 Å². The van der Waals surface area contributed by atoms with Gasteiger partial charge in [-0.05, 0) is 99.2 Å². The van der Waals surface area contributed by atoms with Gasteiger partial charge in [0, 0.05) is 38.5 Å². The van der Waals surface area contributed by atoms with Gasteiger partial charge >= 0.3 is 0 Å². The number of ether oxygens (including phenoxy) is 4. The summed E-state index contributed by atoms with van der Waals surface area (Å²) in [6, 6.07) is 10.9.